The van der Waals surface area contributed by atoms with Gasteiger partial charge in [-0.2, -0.15) is 0 Å². The summed E-state index contributed by atoms with van der Waals surface area (Å²) in [5.41, 5.74) is 10.7. The third-order valence-electron chi connectivity index (χ3n) is 2.71. The van der Waals surface area contributed by atoms with Crippen LogP contribution in [0, 0.1) is 21.4 Å². The second kappa shape index (κ2) is 8.09. The lowest BCUT2D eigenvalue weighted by Crippen LogP contribution is -2.41. The van der Waals surface area contributed by atoms with Crippen LogP contribution in [0.5, 0.6) is 0 Å². The number of rotatable bonds is 2. The standard InChI is InChI=1S/C9H19N5.HNO3/c1-2-6-4-3-5-7(6)13-9(12)14-8(10)11;2-1(3)4/h6-7H,2-5H2,1H3,(H6,10,11,12,13,14);(H,2,3,4). The van der Waals surface area contributed by atoms with Gasteiger partial charge in [-0.25, -0.2) is 4.99 Å². The third kappa shape index (κ3) is 7.25. The molecule has 9 nitrogen and oxygen atoms in total. The molecule has 0 aromatic rings. The van der Waals surface area contributed by atoms with Crippen LogP contribution in [0.2, 0.25) is 0 Å². The Morgan fingerprint density at radius 3 is 2.61 bits per heavy atom. The van der Waals surface area contributed by atoms with Gasteiger partial charge in [0.05, 0.1) is 6.04 Å². The van der Waals surface area contributed by atoms with Crippen molar-refractivity contribution in [2.24, 2.45) is 22.4 Å². The predicted octanol–water partition coefficient (Wildman–Crippen LogP) is 0.0152. The summed E-state index contributed by atoms with van der Waals surface area (Å²) < 4.78 is 0. The highest BCUT2D eigenvalue weighted by Crippen LogP contribution is 2.30. The number of aliphatic imine (C=N–C) groups is 1. The maximum atomic E-state index is 8.36. The molecular weight excluding hydrogens is 240 g/mol. The van der Waals surface area contributed by atoms with Crippen LogP contribution in [0.3, 0.4) is 0 Å². The van der Waals surface area contributed by atoms with Gasteiger partial charge < -0.3 is 16.7 Å². The Labute approximate surface area is 105 Å². The Balaban J connectivity index is 0.000000631. The zero-order valence-corrected chi connectivity index (χ0v) is 10.3. The first kappa shape index (κ1) is 15.9. The van der Waals surface area contributed by atoms with E-state index in [1.807, 2.05) is 0 Å². The summed E-state index contributed by atoms with van der Waals surface area (Å²) in [6.07, 6.45) is 4.69. The molecular formula is C9H20N6O3. The topological polar surface area (TPSA) is 164 Å². The maximum absolute atomic E-state index is 8.36. The van der Waals surface area contributed by atoms with Gasteiger partial charge in [0.1, 0.15) is 0 Å². The Bertz CT molecular complexity index is 315. The van der Waals surface area contributed by atoms with Gasteiger partial charge >= 0.3 is 0 Å². The fourth-order valence-electron chi connectivity index (χ4n) is 2.01. The van der Waals surface area contributed by atoms with Crippen LogP contribution in [0.4, 0.5) is 0 Å². The molecule has 1 rings (SSSR count). The minimum atomic E-state index is -1.50. The molecule has 7 N–H and O–H groups in total. The minimum Gasteiger partial charge on any atom is -0.370 e. The van der Waals surface area contributed by atoms with Crippen LogP contribution in [-0.4, -0.2) is 28.3 Å². The Morgan fingerprint density at radius 1 is 1.61 bits per heavy atom. The van der Waals surface area contributed by atoms with Gasteiger partial charge in [0, 0.05) is 0 Å². The van der Waals surface area contributed by atoms with E-state index >= 15 is 0 Å². The summed E-state index contributed by atoms with van der Waals surface area (Å²) in [4.78, 5) is 12.7. The van der Waals surface area contributed by atoms with Gasteiger partial charge in [0.2, 0.25) is 0 Å². The molecule has 1 fully saturated rings. The van der Waals surface area contributed by atoms with E-state index in [1.165, 1.54) is 12.8 Å². The largest absolute Gasteiger partial charge is 0.370 e. The smallest absolute Gasteiger partial charge is 0.291 e. The molecule has 0 aromatic carbocycles. The van der Waals surface area contributed by atoms with E-state index in [4.69, 9.17) is 32.2 Å². The lowest BCUT2D eigenvalue weighted by molar-refractivity contribution is -0.742. The zero-order valence-electron chi connectivity index (χ0n) is 10.3. The van der Waals surface area contributed by atoms with Crippen molar-refractivity contribution in [2.75, 3.05) is 0 Å². The van der Waals surface area contributed by atoms with E-state index in [0.29, 0.717) is 12.0 Å². The summed E-state index contributed by atoms with van der Waals surface area (Å²) in [6, 6.07) is 0.312. The molecule has 0 aromatic heterocycles. The number of nitrogens with one attached hydrogen (secondary N) is 2. The van der Waals surface area contributed by atoms with E-state index in [9.17, 15) is 0 Å². The van der Waals surface area contributed by atoms with Crippen LogP contribution >= 0.6 is 0 Å². The molecule has 1 aliphatic rings. The molecule has 0 aliphatic heterocycles. The van der Waals surface area contributed by atoms with Gasteiger partial charge in [-0.1, -0.05) is 19.8 Å². The van der Waals surface area contributed by atoms with Crippen molar-refractivity contribution < 1.29 is 10.3 Å². The third-order valence-corrected chi connectivity index (χ3v) is 2.71. The molecule has 2 unspecified atom stereocenters. The summed E-state index contributed by atoms with van der Waals surface area (Å²) >= 11 is 0. The maximum Gasteiger partial charge on any atom is 0.291 e. The van der Waals surface area contributed by atoms with Crippen LogP contribution < -0.4 is 16.8 Å². The second-order valence-electron chi connectivity index (χ2n) is 3.96. The Hall–Kier alpha value is -2.06. The van der Waals surface area contributed by atoms with E-state index in [1.54, 1.807) is 0 Å². The van der Waals surface area contributed by atoms with Gasteiger partial charge in [0.15, 0.2) is 11.9 Å². The molecule has 0 radical (unpaired) electrons. The van der Waals surface area contributed by atoms with Crippen LogP contribution in [0.1, 0.15) is 32.6 Å². The van der Waals surface area contributed by atoms with Crippen molar-refractivity contribution in [3.8, 4) is 0 Å². The summed E-state index contributed by atoms with van der Waals surface area (Å²) in [7, 11) is 0. The van der Waals surface area contributed by atoms with Crippen LogP contribution in [-0.2, 0) is 0 Å². The number of guanidine groups is 2. The number of hydrogen-bond acceptors (Lipinski definition) is 4. The summed E-state index contributed by atoms with van der Waals surface area (Å²) in [5.74, 6) is 0.752. The first-order valence-electron chi connectivity index (χ1n) is 5.64. The Kier molecular flexibility index (Phi) is 7.17. The minimum absolute atomic E-state index is 0.155. The highest BCUT2D eigenvalue weighted by molar-refractivity contribution is 5.95. The molecule has 18 heavy (non-hydrogen) atoms. The van der Waals surface area contributed by atoms with Crippen molar-refractivity contribution in [3.05, 3.63) is 10.1 Å². The molecule has 0 heterocycles. The van der Waals surface area contributed by atoms with Gasteiger partial charge in [-0.05, 0) is 18.8 Å². The van der Waals surface area contributed by atoms with Crippen molar-refractivity contribution >= 4 is 11.9 Å². The van der Waals surface area contributed by atoms with Crippen molar-refractivity contribution in [1.29, 1.82) is 5.41 Å². The lowest BCUT2D eigenvalue weighted by Gasteiger charge is -2.14. The summed E-state index contributed by atoms with van der Waals surface area (Å²) in [6.45, 7) is 2.17. The van der Waals surface area contributed by atoms with Gasteiger partial charge in [0.25, 0.3) is 5.09 Å². The highest BCUT2D eigenvalue weighted by Gasteiger charge is 2.25. The zero-order chi connectivity index (χ0) is 14.1. The lowest BCUT2D eigenvalue weighted by atomic mass is 10.0. The molecule has 1 saturated carbocycles. The number of nitrogens with zero attached hydrogens (tertiary/aromatic N) is 2. The molecule has 2 atom stereocenters. The highest BCUT2D eigenvalue weighted by atomic mass is 16.9. The van der Waals surface area contributed by atoms with Crippen molar-refractivity contribution in [2.45, 2.75) is 38.6 Å². The fraction of sp³-hybridized carbons (Fsp3) is 0.778. The fourth-order valence-corrected chi connectivity index (χ4v) is 2.01. The van der Waals surface area contributed by atoms with E-state index in [-0.39, 0.29) is 11.9 Å². The SMILES string of the molecule is CCC1CCCC1N=C(N)NC(=N)N.O=[N+]([O-])O. The average molecular weight is 260 g/mol. The van der Waals surface area contributed by atoms with Crippen LogP contribution in [0.15, 0.2) is 4.99 Å². The van der Waals surface area contributed by atoms with Crippen LogP contribution in [0.25, 0.3) is 0 Å². The molecule has 9 heteroatoms. The molecule has 1 aliphatic carbocycles. The van der Waals surface area contributed by atoms with Gasteiger partial charge in [-0.15, -0.1) is 10.1 Å². The van der Waals surface area contributed by atoms with Gasteiger partial charge in [-0.3, -0.25) is 10.7 Å². The number of hydrogen-bond donors (Lipinski definition) is 5. The monoisotopic (exact) mass is 260 g/mol. The molecule has 0 bridgehead atoms. The second-order valence-corrected chi connectivity index (χ2v) is 3.96. The molecule has 0 spiro atoms. The number of nitrogens with two attached hydrogens (primary N) is 2. The summed E-state index contributed by atoms with van der Waals surface area (Å²) in [5, 5.41) is 23.1. The van der Waals surface area contributed by atoms with E-state index in [0.717, 1.165) is 12.8 Å². The van der Waals surface area contributed by atoms with Crippen molar-refractivity contribution in [3.63, 3.8) is 0 Å². The van der Waals surface area contributed by atoms with Crippen molar-refractivity contribution in [1.82, 2.24) is 5.32 Å². The average Bonchev–Trinajstić information content (AvgIpc) is 2.62. The van der Waals surface area contributed by atoms with E-state index < -0.39 is 5.09 Å². The molecule has 0 amide bonds. The molecule has 0 saturated heterocycles. The molecule has 104 valence electrons. The first-order valence-corrected chi connectivity index (χ1v) is 5.64. The Morgan fingerprint density at radius 2 is 2.17 bits per heavy atom. The quantitative estimate of drug-likeness (QED) is 0.203. The predicted molar refractivity (Wildman–Crippen MR) is 66.9 cm³/mol. The first-order chi connectivity index (χ1) is 8.36. The normalized spacial score (nSPS) is 22.8. The van der Waals surface area contributed by atoms with E-state index in [2.05, 4.69) is 17.2 Å².